The molecule has 1 unspecified atom stereocenters. The van der Waals surface area contributed by atoms with Gasteiger partial charge < -0.3 is 14.7 Å². The minimum absolute atomic E-state index is 0.161. The van der Waals surface area contributed by atoms with Crippen LogP contribution in [-0.4, -0.2) is 30.0 Å². The minimum atomic E-state index is -4.90. The zero-order valence-corrected chi connectivity index (χ0v) is 9.45. The number of halogens is 4. The third-order valence-corrected chi connectivity index (χ3v) is 2.55. The Morgan fingerprint density at radius 1 is 1.37 bits per heavy atom. The van der Waals surface area contributed by atoms with Crippen molar-refractivity contribution in [1.29, 1.82) is 0 Å². The first-order valence-corrected chi connectivity index (χ1v) is 5.30. The lowest BCUT2D eigenvalue weighted by molar-refractivity contribution is -0.274. The van der Waals surface area contributed by atoms with E-state index >= 15 is 0 Å². The molecule has 0 saturated carbocycles. The van der Waals surface area contributed by atoms with Crippen LogP contribution in [0.15, 0.2) is 18.2 Å². The van der Waals surface area contributed by atoms with E-state index in [1.54, 1.807) is 0 Å². The molecule has 4 nitrogen and oxygen atoms in total. The first-order chi connectivity index (χ1) is 8.76. The zero-order valence-electron chi connectivity index (χ0n) is 9.45. The van der Waals surface area contributed by atoms with Crippen LogP contribution in [0.4, 0.5) is 23.2 Å². The molecule has 0 spiro atoms. The van der Waals surface area contributed by atoms with Crippen LogP contribution in [0.25, 0.3) is 0 Å². The summed E-state index contributed by atoms with van der Waals surface area (Å²) in [5.41, 5.74) is -0.344. The molecular formula is C11H9F4NO3. The molecule has 1 aliphatic heterocycles. The molecule has 1 atom stereocenters. The van der Waals surface area contributed by atoms with Crippen molar-refractivity contribution < 1.29 is 32.2 Å². The Kier molecular flexibility index (Phi) is 3.36. The molecule has 1 aromatic rings. The van der Waals surface area contributed by atoms with Crippen LogP contribution >= 0.6 is 0 Å². The molecule has 0 aromatic heterocycles. The van der Waals surface area contributed by atoms with Gasteiger partial charge in [0.2, 0.25) is 5.91 Å². The van der Waals surface area contributed by atoms with E-state index in [0.717, 1.165) is 23.1 Å². The maximum Gasteiger partial charge on any atom is 0.573 e. The highest BCUT2D eigenvalue weighted by atomic mass is 19.4. The number of benzene rings is 1. The SMILES string of the molecule is O=C1CC(O)CN1c1cc(OC(F)(F)F)ccc1F. The number of carbonyl (C=O) groups excluding carboxylic acids is 1. The number of amides is 1. The quantitative estimate of drug-likeness (QED) is 0.840. The summed E-state index contributed by atoms with van der Waals surface area (Å²) < 4.78 is 53.4. The molecule has 1 aliphatic rings. The number of alkyl halides is 3. The smallest absolute Gasteiger partial charge is 0.406 e. The maximum absolute atomic E-state index is 13.5. The highest BCUT2D eigenvalue weighted by molar-refractivity contribution is 5.96. The number of nitrogens with zero attached hydrogens (tertiary/aromatic N) is 1. The van der Waals surface area contributed by atoms with Crippen LogP contribution in [0.1, 0.15) is 6.42 Å². The number of anilines is 1. The van der Waals surface area contributed by atoms with Gasteiger partial charge in [-0.2, -0.15) is 0 Å². The van der Waals surface area contributed by atoms with Crippen molar-refractivity contribution >= 4 is 11.6 Å². The topological polar surface area (TPSA) is 49.8 Å². The molecule has 1 N–H and O–H groups in total. The minimum Gasteiger partial charge on any atom is -0.406 e. The molecule has 1 heterocycles. The van der Waals surface area contributed by atoms with Gasteiger partial charge in [0.05, 0.1) is 24.8 Å². The van der Waals surface area contributed by atoms with Gasteiger partial charge in [-0.1, -0.05) is 0 Å². The highest BCUT2D eigenvalue weighted by Crippen LogP contribution is 2.31. The monoisotopic (exact) mass is 279 g/mol. The Morgan fingerprint density at radius 3 is 2.58 bits per heavy atom. The molecule has 1 aromatic carbocycles. The number of β-amino-alcohol motifs (C(OH)–C–C–N with tert-alkyl or cyclic N) is 1. The van der Waals surface area contributed by atoms with Gasteiger partial charge in [-0.3, -0.25) is 4.79 Å². The first-order valence-electron chi connectivity index (χ1n) is 5.30. The summed E-state index contributed by atoms with van der Waals surface area (Å²) in [7, 11) is 0. The number of rotatable bonds is 2. The number of aliphatic hydroxyl groups is 1. The second-order valence-electron chi connectivity index (χ2n) is 4.02. The molecule has 1 amide bonds. The molecule has 104 valence electrons. The molecule has 0 bridgehead atoms. The Hall–Kier alpha value is -1.83. The zero-order chi connectivity index (χ0) is 14.2. The van der Waals surface area contributed by atoms with Gasteiger partial charge >= 0.3 is 6.36 Å². The van der Waals surface area contributed by atoms with Gasteiger partial charge in [0, 0.05) is 6.07 Å². The van der Waals surface area contributed by atoms with Crippen LogP contribution in [0, 0.1) is 5.82 Å². The summed E-state index contributed by atoms with van der Waals surface area (Å²) in [6.45, 7) is -0.161. The highest BCUT2D eigenvalue weighted by Gasteiger charge is 2.33. The summed E-state index contributed by atoms with van der Waals surface area (Å²) in [6.07, 6.45) is -6.05. The normalized spacial score (nSPS) is 19.9. The van der Waals surface area contributed by atoms with Crippen molar-refractivity contribution in [3.05, 3.63) is 24.0 Å². The van der Waals surface area contributed by atoms with E-state index in [9.17, 15) is 27.5 Å². The number of ether oxygens (including phenoxy) is 1. The molecule has 2 rings (SSSR count). The molecule has 1 fully saturated rings. The molecule has 19 heavy (non-hydrogen) atoms. The number of hydrogen-bond acceptors (Lipinski definition) is 3. The van der Waals surface area contributed by atoms with E-state index in [4.69, 9.17) is 0 Å². The van der Waals surface area contributed by atoms with Crippen molar-refractivity contribution in [2.75, 3.05) is 11.4 Å². The lowest BCUT2D eigenvalue weighted by Gasteiger charge is -2.18. The van der Waals surface area contributed by atoms with Gasteiger partial charge in [0.1, 0.15) is 11.6 Å². The predicted octanol–water partition coefficient (Wildman–Crippen LogP) is 1.82. The summed E-state index contributed by atoms with van der Waals surface area (Å²) >= 11 is 0. The largest absolute Gasteiger partial charge is 0.573 e. The van der Waals surface area contributed by atoms with E-state index < -0.39 is 29.9 Å². The predicted molar refractivity (Wildman–Crippen MR) is 56.1 cm³/mol. The van der Waals surface area contributed by atoms with Crippen molar-refractivity contribution in [2.24, 2.45) is 0 Å². The van der Waals surface area contributed by atoms with Crippen LogP contribution in [0.2, 0.25) is 0 Å². The van der Waals surface area contributed by atoms with Gasteiger partial charge in [-0.15, -0.1) is 13.2 Å². The molecule has 8 heteroatoms. The van der Waals surface area contributed by atoms with Gasteiger partial charge in [0.25, 0.3) is 0 Å². The van der Waals surface area contributed by atoms with E-state index in [0.29, 0.717) is 0 Å². The summed E-state index contributed by atoms with van der Waals surface area (Å²) in [4.78, 5) is 12.4. The van der Waals surface area contributed by atoms with Crippen molar-refractivity contribution in [3.63, 3.8) is 0 Å². The molecular weight excluding hydrogens is 270 g/mol. The second-order valence-corrected chi connectivity index (χ2v) is 4.02. The van der Waals surface area contributed by atoms with Crippen LogP contribution in [-0.2, 0) is 4.79 Å². The van der Waals surface area contributed by atoms with E-state index in [1.807, 2.05) is 0 Å². The third-order valence-electron chi connectivity index (χ3n) is 2.55. The van der Waals surface area contributed by atoms with Crippen molar-refractivity contribution in [2.45, 2.75) is 18.9 Å². The van der Waals surface area contributed by atoms with Gasteiger partial charge in [-0.05, 0) is 12.1 Å². The first kappa shape index (κ1) is 13.6. The van der Waals surface area contributed by atoms with Gasteiger partial charge in [-0.25, -0.2) is 4.39 Å². The van der Waals surface area contributed by atoms with Gasteiger partial charge in [0.15, 0.2) is 0 Å². The average molecular weight is 279 g/mol. The number of carbonyl (C=O) groups is 1. The van der Waals surface area contributed by atoms with Crippen molar-refractivity contribution in [1.82, 2.24) is 0 Å². The van der Waals surface area contributed by atoms with E-state index in [-0.39, 0.29) is 18.7 Å². The van der Waals surface area contributed by atoms with Crippen LogP contribution < -0.4 is 9.64 Å². The molecule has 0 aliphatic carbocycles. The lowest BCUT2D eigenvalue weighted by Crippen LogP contribution is -2.26. The average Bonchev–Trinajstić information content (AvgIpc) is 2.58. The Labute approximate surface area is 105 Å². The Balaban J connectivity index is 2.30. The second kappa shape index (κ2) is 4.69. The number of aliphatic hydroxyl groups excluding tert-OH is 1. The molecule has 1 saturated heterocycles. The Bertz CT molecular complexity index is 503. The fourth-order valence-electron chi connectivity index (χ4n) is 1.82. The molecule has 0 radical (unpaired) electrons. The van der Waals surface area contributed by atoms with Crippen LogP contribution in [0.5, 0.6) is 5.75 Å². The summed E-state index contributed by atoms with van der Waals surface area (Å²) in [5.74, 6) is -2.05. The fraction of sp³-hybridized carbons (Fsp3) is 0.364. The summed E-state index contributed by atoms with van der Waals surface area (Å²) in [6, 6.07) is 2.36. The summed E-state index contributed by atoms with van der Waals surface area (Å²) in [5, 5.41) is 9.28. The third kappa shape index (κ3) is 3.14. The van der Waals surface area contributed by atoms with Crippen LogP contribution in [0.3, 0.4) is 0 Å². The maximum atomic E-state index is 13.5. The van der Waals surface area contributed by atoms with E-state index in [2.05, 4.69) is 4.74 Å². The number of hydrogen-bond donors (Lipinski definition) is 1. The van der Waals surface area contributed by atoms with Crippen molar-refractivity contribution in [3.8, 4) is 5.75 Å². The fourth-order valence-corrected chi connectivity index (χ4v) is 1.82. The lowest BCUT2D eigenvalue weighted by atomic mass is 10.2. The Morgan fingerprint density at radius 2 is 2.05 bits per heavy atom. The van der Waals surface area contributed by atoms with E-state index in [1.165, 1.54) is 0 Å². The standard InChI is InChI=1S/C11H9F4NO3/c12-8-2-1-7(19-11(13,14)15)4-9(8)16-5-6(17)3-10(16)18/h1-2,4,6,17H,3,5H2.